The molecule has 0 spiro atoms. The van der Waals surface area contributed by atoms with Crippen LogP contribution < -0.4 is 0 Å². The highest BCUT2D eigenvalue weighted by Gasteiger charge is 2.21. The first-order valence-electron chi connectivity index (χ1n) is 9.55. The molecule has 0 bridgehead atoms. The van der Waals surface area contributed by atoms with Crippen molar-refractivity contribution in [3.05, 3.63) is 108 Å². The van der Waals surface area contributed by atoms with Crippen molar-refractivity contribution in [2.45, 2.75) is 18.3 Å². The third kappa shape index (κ3) is 5.75. The fraction of sp³-hybridized carbons (Fsp3) is 0.250. The van der Waals surface area contributed by atoms with Crippen LogP contribution in [0.4, 0.5) is 0 Å². The summed E-state index contributed by atoms with van der Waals surface area (Å²) in [5.74, 6) is 0. The van der Waals surface area contributed by atoms with E-state index in [0.29, 0.717) is 19.6 Å². The first-order chi connectivity index (χ1) is 13.6. The lowest BCUT2D eigenvalue weighted by atomic mass is 10.1. The number of hydrogen-bond acceptors (Lipinski definition) is 4. The minimum Gasteiger partial charge on any atom is -0.387 e. The number of benzene rings is 3. The minimum atomic E-state index is -0.702. The van der Waals surface area contributed by atoms with Gasteiger partial charge in [-0.1, -0.05) is 91.0 Å². The Balaban J connectivity index is 1.73. The molecule has 4 nitrogen and oxygen atoms in total. The van der Waals surface area contributed by atoms with Crippen molar-refractivity contribution in [2.24, 2.45) is 0 Å². The largest absolute Gasteiger partial charge is 0.387 e. The van der Waals surface area contributed by atoms with Gasteiger partial charge in [-0.25, -0.2) is 0 Å². The normalized spacial score (nSPS) is 14.6. The average molecular weight is 377 g/mol. The van der Waals surface area contributed by atoms with E-state index in [1.807, 2.05) is 95.9 Å². The van der Waals surface area contributed by atoms with Crippen molar-refractivity contribution in [1.29, 1.82) is 0 Å². The first-order valence-corrected chi connectivity index (χ1v) is 9.55. The molecule has 0 heterocycles. The Labute approximate surface area is 166 Å². The van der Waals surface area contributed by atoms with Crippen LogP contribution in [-0.4, -0.2) is 39.9 Å². The molecular formula is C24H27NO3. The van der Waals surface area contributed by atoms with Crippen LogP contribution >= 0.6 is 0 Å². The molecule has 4 heteroatoms. The summed E-state index contributed by atoms with van der Waals surface area (Å²) in [6.45, 7) is 0.952. The van der Waals surface area contributed by atoms with Crippen LogP contribution in [0.3, 0.4) is 0 Å². The zero-order valence-corrected chi connectivity index (χ0v) is 15.8. The standard InChI is InChI=1S/C24H27NO3/c26-22(19-10-4-1-5-11-19)16-25(17-23(27)20-12-6-2-7-13-20)18-24(28)21-14-8-3-9-15-21/h1-15,22-24,26-28H,16-18H2/t22-,23-,24-/m0/s1. The van der Waals surface area contributed by atoms with Crippen molar-refractivity contribution in [2.75, 3.05) is 19.6 Å². The van der Waals surface area contributed by atoms with Gasteiger partial charge in [0.1, 0.15) is 0 Å². The van der Waals surface area contributed by atoms with Gasteiger partial charge in [-0.3, -0.25) is 4.90 Å². The molecule has 146 valence electrons. The van der Waals surface area contributed by atoms with Crippen LogP contribution in [0.2, 0.25) is 0 Å². The SMILES string of the molecule is O[C@@H](CN(C[C@H](O)c1ccccc1)C[C@H](O)c1ccccc1)c1ccccc1. The molecule has 3 aromatic carbocycles. The highest BCUT2D eigenvalue weighted by Crippen LogP contribution is 2.21. The summed E-state index contributed by atoms with van der Waals surface area (Å²) in [6.07, 6.45) is -2.11. The molecule has 28 heavy (non-hydrogen) atoms. The van der Waals surface area contributed by atoms with Crippen LogP contribution in [0.15, 0.2) is 91.0 Å². The van der Waals surface area contributed by atoms with Gasteiger partial charge in [0.2, 0.25) is 0 Å². The fourth-order valence-electron chi connectivity index (χ4n) is 3.30. The summed E-state index contributed by atoms with van der Waals surface area (Å²) in [4.78, 5) is 1.91. The van der Waals surface area contributed by atoms with Crippen LogP contribution in [0.1, 0.15) is 35.0 Å². The van der Waals surface area contributed by atoms with Crippen molar-refractivity contribution >= 4 is 0 Å². The van der Waals surface area contributed by atoms with Gasteiger partial charge in [-0.05, 0) is 16.7 Å². The average Bonchev–Trinajstić information content (AvgIpc) is 2.75. The molecule has 0 saturated heterocycles. The van der Waals surface area contributed by atoms with E-state index in [0.717, 1.165) is 16.7 Å². The van der Waals surface area contributed by atoms with Gasteiger partial charge in [-0.15, -0.1) is 0 Å². The predicted octanol–water partition coefficient (Wildman–Crippen LogP) is 3.49. The molecule has 0 saturated carbocycles. The summed E-state index contributed by atoms with van der Waals surface area (Å²) in [7, 11) is 0. The smallest absolute Gasteiger partial charge is 0.0916 e. The predicted molar refractivity (Wildman–Crippen MR) is 111 cm³/mol. The molecule has 0 radical (unpaired) electrons. The molecule has 0 aliphatic rings. The van der Waals surface area contributed by atoms with E-state index < -0.39 is 18.3 Å². The van der Waals surface area contributed by atoms with Crippen molar-refractivity contribution in [3.8, 4) is 0 Å². The first kappa shape index (κ1) is 20.2. The Morgan fingerprint density at radius 3 is 0.964 bits per heavy atom. The van der Waals surface area contributed by atoms with Crippen LogP contribution in [0, 0.1) is 0 Å². The van der Waals surface area contributed by atoms with Crippen LogP contribution in [0.25, 0.3) is 0 Å². The van der Waals surface area contributed by atoms with Crippen molar-refractivity contribution < 1.29 is 15.3 Å². The van der Waals surface area contributed by atoms with E-state index in [1.54, 1.807) is 0 Å². The number of hydrogen-bond donors (Lipinski definition) is 3. The second-order valence-electron chi connectivity index (χ2n) is 7.00. The van der Waals surface area contributed by atoms with E-state index in [4.69, 9.17) is 0 Å². The monoisotopic (exact) mass is 377 g/mol. The minimum absolute atomic E-state index is 0.317. The highest BCUT2D eigenvalue weighted by atomic mass is 16.3. The van der Waals surface area contributed by atoms with Gasteiger partial charge in [0.25, 0.3) is 0 Å². The lowest BCUT2D eigenvalue weighted by Crippen LogP contribution is -2.36. The Morgan fingerprint density at radius 2 is 0.714 bits per heavy atom. The fourth-order valence-corrected chi connectivity index (χ4v) is 3.30. The summed E-state index contributed by atoms with van der Waals surface area (Å²) in [6, 6.07) is 28.3. The Bertz CT molecular complexity index is 698. The zero-order valence-electron chi connectivity index (χ0n) is 15.8. The quantitative estimate of drug-likeness (QED) is 0.534. The van der Waals surface area contributed by atoms with Gasteiger partial charge in [-0.2, -0.15) is 0 Å². The molecule has 3 aromatic rings. The van der Waals surface area contributed by atoms with Gasteiger partial charge in [0, 0.05) is 19.6 Å². The summed E-state index contributed by atoms with van der Waals surface area (Å²) < 4.78 is 0. The summed E-state index contributed by atoms with van der Waals surface area (Å²) >= 11 is 0. The summed E-state index contributed by atoms with van der Waals surface area (Å²) in [5.41, 5.74) is 2.45. The highest BCUT2D eigenvalue weighted by molar-refractivity contribution is 5.20. The molecule has 0 amide bonds. The number of aliphatic hydroxyl groups excluding tert-OH is 3. The second-order valence-corrected chi connectivity index (χ2v) is 7.00. The van der Waals surface area contributed by atoms with Crippen molar-refractivity contribution in [1.82, 2.24) is 4.90 Å². The van der Waals surface area contributed by atoms with E-state index in [9.17, 15) is 15.3 Å². The Hall–Kier alpha value is -2.50. The number of nitrogens with zero attached hydrogens (tertiary/aromatic N) is 1. The lowest BCUT2D eigenvalue weighted by Gasteiger charge is -2.29. The molecule has 0 unspecified atom stereocenters. The number of aliphatic hydroxyl groups is 3. The molecular weight excluding hydrogens is 350 g/mol. The van der Waals surface area contributed by atoms with Gasteiger partial charge in [0.15, 0.2) is 0 Å². The van der Waals surface area contributed by atoms with E-state index in [1.165, 1.54) is 0 Å². The maximum Gasteiger partial charge on any atom is 0.0916 e. The molecule has 0 aliphatic heterocycles. The third-order valence-electron chi connectivity index (χ3n) is 4.85. The van der Waals surface area contributed by atoms with E-state index in [-0.39, 0.29) is 0 Å². The molecule has 0 aliphatic carbocycles. The van der Waals surface area contributed by atoms with Gasteiger partial charge >= 0.3 is 0 Å². The Kier molecular flexibility index (Phi) is 7.34. The maximum atomic E-state index is 10.7. The number of rotatable bonds is 9. The second kappa shape index (κ2) is 10.2. The summed E-state index contributed by atoms with van der Waals surface area (Å²) in [5, 5.41) is 32.0. The molecule has 3 N–H and O–H groups in total. The molecule has 3 atom stereocenters. The molecule has 3 rings (SSSR count). The van der Waals surface area contributed by atoms with E-state index in [2.05, 4.69) is 0 Å². The molecule has 0 fully saturated rings. The Morgan fingerprint density at radius 1 is 0.464 bits per heavy atom. The van der Waals surface area contributed by atoms with Crippen LogP contribution in [-0.2, 0) is 0 Å². The van der Waals surface area contributed by atoms with Gasteiger partial charge < -0.3 is 15.3 Å². The zero-order chi connectivity index (χ0) is 19.8. The maximum absolute atomic E-state index is 10.7. The van der Waals surface area contributed by atoms with Crippen LogP contribution in [0.5, 0.6) is 0 Å². The third-order valence-corrected chi connectivity index (χ3v) is 4.85. The molecule has 0 aromatic heterocycles. The van der Waals surface area contributed by atoms with E-state index >= 15 is 0 Å². The lowest BCUT2D eigenvalue weighted by molar-refractivity contribution is 0.0370. The van der Waals surface area contributed by atoms with Crippen molar-refractivity contribution in [3.63, 3.8) is 0 Å². The topological polar surface area (TPSA) is 63.9 Å². The van der Waals surface area contributed by atoms with Gasteiger partial charge in [0.05, 0.1) is 18.3 Å².